The lowest BCUT2D eigenvalue weighted by atomic mass is 10.0. The molecule has 1 aliphatic heterocycles. The maximum atomic E-state index is 12.9. The van der Waals surface area contributed by atoms with Crippen molar-refractivity contribution >= 4 is 33.0 Å². The minimum absolute atomic E-state index is 0.0314. The second kappa shape index (κ2) is 8.70. The molecule has 0 aromatic heterocycles. The molecule has 1 atom stereocenters. The minimum Gasteiger partial charge on any atom is -0.326 e. The molecular weight excluding hydrogens is 424 g/mol. The lowest BCUT2D eigenvalue weighted by Crippen LogP contribution is -2.36. The maximum Gasteiger partial charge on any atom is 0.230 e. The summed E-state index contributed by atoms with van der Waals surface area (Å²) in [5.74, 6) is 0.0694. The highest BCUT2D eigenvalue weighted by atomic mass is 32.2. The standard InChI is InChI=1S/C25H30N2O4S/c1-16(2)18-6-8-21(9-7-18)26-24(28)12-13-32(30,31)22-10-11-23-20(15-22)14-17(3)27(23)25(29)19-4-5-19/h6-11,15-17,19H,4-5,12-14H2,1-3H3,(H,26,28). The van der Waals surface area contributed by atoms with Crippen molar-refractivity contribution in [2.24, 2.45) is 5.92 Å². The summed E-state index contributed by atoms with van der Waals surface area (Å²) in [5.41, 5.74) is 3.52. The highest BCUT2D eigenvalue weighted by molar-refractivity contribution is 7.91. The third kappa shape index (κ3) is 4.72. The summed E-state index contributed by atoms with van der Waals surface area (Å²) >= 11 is 0. The molecular formula is C25H30N2O4S. The molecule has 2 aromatic rings. The fraction of sp³-hybridized carbons (Fsp3) is 0.440. The van der Waals surface area contributed by atoms with Gasteiger partial charge in [0.05, 0.1) is 10.6 Å². The van der Waals surface area contributed by atoms with Crippen LogP contribution in [0.2, 0.25) is 0 Å². The molecule has 170 valence electrons. The van der Waals surface area contributed by atoms with E-state index < -0.39 is 9.84 Å². The zero-order chi connectivity index (χ0) is 23.0. The zero-order valence-corrected chi connectivity index (χ0v) is 19.6. The van der Waals surface area contributed by atoms with E-state index >= 15 is 0 Å². The second-order valence-electron chi connectivity index (χ2n) is 9.22. The summed E-state index contributed by atoms with van der Waals surface area (Å²) in [5, 5.41) is 2.77. The van der Waals surface area contributed by atoms with Gasteiger partial charge in [-0.1, -0.05) is 26.0 Å². The van der Waals surface area contributed by atoms with E-state index in [1.54, 1.807) is 18.2 Å². The summed E-state index contributed by atoms with van der Waals surface area (Å²) in [4.78, 5) is 26.9. The molecule has 4 rings (SSSR count). The van der Waals surface area contributed by atoms with E-state index in [1.807, 2.05) is 36.1 Å². The average molecular weight is 455 g/mol. The lowest BCUT2D eigenvalue weighted by Gasteiger charge is -2.22. The van der Waals surface area contributed by atoms with Gasteiger partial charge in [-0.3, -0.25) is 9.59 Å². The van der Waals surface area contributed by atoms with Crippen molar-refractivity contribution in [3.63, 3.8) is 0 Å². The number of hydrogen-bond acceptors (Lipinski definition) is 4. The molecule has 0 spiro atoms. The predicted octanol–water partition coefficient (Wildman–Crippen LogP) is 4.30. The van der Waals surface area contributed by atoms with Crippen LogP contribution in [0.5, 0.6) is 0 Å². The normalized spacial score (nSPS) is 18.0. The topological polar surface area (TPSA) is 83.6 Å². The van der Waals surface area contributed by atoms with E-state index in [0.717, 1.165) is 24.1 Å². The first-order chi connectivity index (χ1) is 15.2. The van der Waals surface area contributed by atoms with Gasteiger partial charge in [-0.05, 0) is 73.6 Å². The van der Waals surface area contributed by atoms with Crippen LogP contribution in [0.3, 0.4) is 0 Å². The van der Waals surface area contributed by atoms with E-state index in [0.29, 0.717) is 18.0 Å². The maximum absolute atomic E-state index is 12.9. The van der Waals surface area contributed by atoms with Gasteiger partial charge in [-0.15, -0.1) is 0 Å². The van der Waals surface area contributed by atoms with Gasteiger partial charge in [0.15, 0.2) is 9.84 Å². The summed E-state index contributed by atoms with van der Waals surface area (Å²) in [6, 6.07) is 12.6. The minimum atomic E-state index is -3.61. The van der Waals surface area contributed by atoms with Crippen molar-refractivity contribution in [3.05, 3.63) is 53.6 Å². The van der Waals surface area contributed by atoms with E-state index in [9.17, 15) is 18.0 Å². The number of nitrogens with one attached hydrogen (secondary N) is 1. The smallest absolute Gasteiger partial charge is 0.230 e. The highest BCUT2D eigenvalue weighted by Crippen LogP contribution is 2.39. The van der Waals surface area contributed by atoms with Crippen LogP contribution in [-0.2, 0) is 25.8 Å². The number of sulfone groups is 1. The molecule has 1 saturated carbocycles. The van der Waals surface area contributed by atoms with Crippen LogP contribution < -0.4 is 10.2 Å². The first kappa shape index (κ1) is 22.5. The number of hydrogen-bond donors (Lipinski definition) is 1. The number of fused-ring (bicyclic) bond motifs is 1. The Morgan fingerprint density at radius 3 is 2.41 bits per heavy atom. The van der Waals surface area contributed by atoms with Crippen molar-refractivity contribution in [2.45, 2.75) is 63.3 Å². The van der Waals surface area contributed by atoms with Gasteiger partial charge >= 0.3 is 0 Å². The molecule has 7 heteroatoms. The molecule has 0 radical (unpaired) electrons. The highest BCUT2D eigenvalue weighted by Gasteiger charge is 2.39. The van der Waals surface area contributed by atoms with E-state index in [2.05, 4.69) is 19.2 Å². The van der Waals surface area contributed by atoms with E-state index in [4.69, 9.17) is 0 Å². The van der Waals surface area contributed by atoms with Crippen molar-refractivity contribution in [2.75, 3.05) is 16.0 Å². The molecule has 0 bridgehead atoms. The quantitative estimate of drug-likeness (QED) is 0.676. The molecule has 32 heavy (non-hydrogen) atoms. The van der Waals surface area contributed by atoms with E-state index in [-0.39, 0.29) is 40.8 Å². The largest absolute Gasteiger partial charge is 0.326 e. The summed E-state index contributed by atoms with van der Waals surface area (Å²) in [6.45, 7) is 6.19. The number of benzene rings is 2. The number of anilines is 2. The second-order valence-corrected chi connectivity index (χ2v) is 11.3. The van der Waals surface area contributed by atoms with Crippen molar-refractivity contribution < 1.29 is 18.0 Å². The molecule has 2 amide bonds. The number of rotatable bonds is 7. The van der Waals surface area contributed by atoms with E-state index in [1.165, 1.54) is 5.56 Å². The fourth-order valence-corrected chi connectivity index (χ4v) is 5.47. The third-order valence-electron chi connectivity index (χ3n) is 6.25. The van der Waals surface area contributed by atoms with Gasteiger partial charge < -0.3 is 10.2 Å². The molecule has 1 N–H and O–H groups in total. The summed E-state index contributed by atoms with van der Waals surface area (Å²) in [7, 11) is -3.61. The van der Waals surface area contributed by atoms with Crippen LogP contribution in [0.4, 0.5) is 11.4 Å². The van der Waals surface area contributed by atoms with Gasteiger partial charge in [0, 0.05) is 29.8 Å². The molecule has 0 saturated heterocycles. The first-order valence-electron chi connectivity index (χ1n) is 11.2. The molecule has 1 heterocycles. The Kier molecular flexibility index (Phi) is 6.12. The van der Waals surface area contributed by atoms with Gasteiger partial charge in [-0.25, -0.2) is 8.42 Å². The molecule has 2 aliphatic rings. The van der Waals surface area contributed by atoms with Gasteiger partial charge in [0.2, 0.25) is 11.8 Å². The SMILES string of the molecule is CC(C)c1ccc(NC(=O)CCS(=O)(=O)c2ccc3c(c2)CC(C)N3C(=O)C2CC2)cc1. The number of carbonyl (C=O) groups excluding carboxylic acids is 2. The fourth-order valence-electron chi connectivity index (χ4n) is 4.18. The van der Waals surface area contributed by atoms with Crippen LogP contribution in [0.25, 0.3) is 0 Å². The summed E-state index contributed by atoms with van der Waals surface area (Å²) in [6.07, 6.45) is 2.40. The van der Waals surface area contributed by atoms with Crippen LogP contribution in [0.15, 0.2) is 47.4 Å². The number of carbonyl (C=O) groups is 2. The monoisotopic (exact) mass is 454 g/mol. The Morgan fingerprint density at radius 1 is 1.09 bits per heavy atom. The Labute approximate surface area is 189 Å². The van der Waals surface area contributed by atoms with Crippen LogP contribution in [0, 0.1) is 5.92 Å². The molecule has 6 nitrogen and oxygen atoms in total. The van der Waals surface area contributed by atoms with Gasteiger partial charge in [0.25, 0.3) is 0 Å². The van der Waals surface area contributed by atoms with Crippen LogP contribution >= 0.6 is 0 Å². The van der Waals surface area contributed by atoms with Crippen LogP contribution in [-0.4, -0.2) is 32.0 Å². The van der Waals surface area contributed by atoms with Crippen LogP contribution in [0.1, 0.15) is 57.1 Å². The average Bonchev–Trinajstić information content (AvgIpc) is 3.54. The van der Waals surface area contributed by atoms with Crippen molar-refractivity contribution in [1.82, 2.24) is 0 Å². The Balaban J connectivity index is 1.40. The third-order valence-corrected chi connectivity index (χ3v) is 7.96. The Hall–Kier alpha value is -2.67. The summed E-state index contributed by atoms with van der Waals surface area (Å²) < 4.78 is 25.7. The molecule has 1 aliphatic carbocycles. The first-order valence-corrected chi connectivity index (χ1v) is 12.9. The lowest BCUT2D eigenvalue weighted by molar-refractivity contribution is -0.120. The number of nitrogens with zero attached hydrogens (tertiary/aromatic N) is 1. The van der Waals surface area contributed by atoms with Gasteiger partial charge in [0.1, 0.15) is 0 Å². The molecule has 1 unspecified atom stereocenters. The van der Waals surface area contributed by atoms with Crippen molar-refractivity contribution in [1.29, 1.82) is 0 Å². The molecule has 2 aromatic carbocycles. The predicted molar refractivity (Wildman–Crippen MR) is 126 cm³/mol. The Bertz CT molecular complexity index is 1140. The zero-order valence-electron chi connectivity index (χ0n) is 18.8. The Morgan fingerprint density at radius 2 is 1.78 bits per heavy atom. The van der Waals surface area contributed by atoms with Gasteiger partial charge in [-0.2, -0.15) is 0 Å². The number of amides is 2. The van der Waals surface area contributed by atoms with Crippen molar-refractivity contribution in [3.8, 4) is 0 Å². The molecule has 1 fully saturated rings.